The first kappa shape index (κ1) is 16.9. The number of nitrogens with zero attached hydrogens (tertiary/aromatic N) is 3. The largest absolute Gasteiger partial charge is 0.296 e. The number of aromatic nitrogens is 2. The highest BCUT2D eigenvalue weighted by atomic mass is 16.1. The van der Waals surface area contributed by atoms with E-state index in [1.807, 2.05) is 55.5 Å². The number of likely N-dealkylation sites (tertiary alicyclic amines) is 1. The first-order chi connectivity index (χ1) is 12.7. The number of hydrogen-bond donors (Lipinski definition) is 0. The summed E-state index contributed by atoms with van der Waals surface area (Å²) in [5.41, 5.74) is 2.86. The Morgan fingerprint density at radius 2 is 1.69 bits per heavy atom. The first-order valence-corrected chi connectivity index (χ1v) is 9.24. The van der Waals surface area contributed by atoms with Gasteiger partial charge in [0.25, 0.3) is 0 Å². The van der Waals surface area contributed by atoms with Crippen LogP contribution in [0.25, 0.3) is 10.9 Å². The molecule has 0 amide bonds. The summed E-state index contributed by atoms with van der Waals surface area (Å²) in [4.78, 5) is 24.4. The Morgan fingerprint density at radius 1 is 1.00 bits per heavy atom. The minimum atomic E-state index is 0.132. The van der Waals surface area contributed by atoms with Gasteiger partial charge in [0.05, 0.1) is 12.1 Å². The molecule has 0 unspecified atom stereocenters. The molecule has 0 radical (unpaired) electrons. The molecule has 0 atom stereocenters. The molecule has 26 heavy (non-hydrogen) atoms. The molecule has 2 aromatic carbocycles. The Balaban J connectivity index is 1.40. The summed E-state index contributed by atoms with van der Waals surface area (Å²) in [6.07, 6.45) is 1.81. The Bertz CT molecular complexity index is 915. The van der Waals surface area contributed by atoms with E-state index in [4.69, 9.17) is 4.98 Å². The maximum absolute atomic E-state index is 12.6. The summed E-state index contributed by atoms with van der Waals surface area (Å²) >= 11 is 0. The third kappa shape index (κ3) is 3.51. The van der Waals surface area contributed by atoms with Gasteiger partial charge in [-0.2, -0.15) is 0 Å². The van der Waals surface area contributed by atoms with E-state index in [1.54, 1.807) is 0 Å². The van der Waals surface area contributed by atoms with Crippen LogP contribution in [-0.2, 0) is 6.54 Å². The minimum Gasteiger partial charge on any atom is -0.296 e. The van der Waals surface area contributed by atoms with Crippen LogP contribution in [0.5, 0.6) is 0 Å². The summed E-state index contributed by atoms with van der Waals surface area (Å²) in [6.45, 7) is 4.62. The van der Waals surface area contributed by atoms with Crippen molar-refractivity contribution in [2.45, 2.75) is 26.3 Å². The molecule has 0 spiro atoms. The van der Waals surface area contributed by atoms with Crippen molar-refractivity contribution in [3.63, 3.8) is 0 Å². The first-order valence-electron chi connectivity index (χ1n) is 9.24. The van der Waals surface area contributed by atoms with Crippen molar-refractivity contribution in [2.24, 2.45) is 5.92 Å². The zero-order valence-electron chi connectivity index (χ0n) is 15.1. The summed E-state index contributed by atoms with van der Waals surface area (Å²) < 4.78 is 0. The number of Topliss-reactive ketones (excluding diaryl/α,β-unsaturated/α-hetero) is 1. The molecule has 2 heterocycles. The molecule has 1 aliphatic rings. The highest BCUT2D eigenvalue weighted by Crippen LogP contribution is 2.23. The van der Waals surface area contributed by atoms with E-state index in [-0.39, 0.29) is 11.7 Å². The lowest BCUT2D eigenvalue weighted by atomic mass is 9.89. The highest BCUT2D eigenvalue weighted by Gasteiger charge is 2.26. The number of carbonyl (C=O) groups excluding carboxylic acids is 1. The molecule has 0 saturated carbocycles. The molecule has 1 saturated heterocycles. The molecule has 3 aromatic rings. The SMILES string of the molecule is Cc1nc(CN2CCC(C(=O)c3ccccc3)CC2)nc2ccccc12. The van der Waals surface area contributed by atoms with E-state index >= 15 is 0 Å². The molecule has 0 bridgehead atoms. The molecule has 0 aliphatic carbocycles. The molecular weight excluding hydrogens is 322 g/mol. The Labute approximate surface area is 153 Å². The number of rotatable bonds is 4. The van der Waals surface area contributed by atoms with E-state index in [0.717, 1.165) is 60.5 Å². The quantitative estimate of drug-likeness (QED) is 0.670. The molecule has 1 aliphatic heterocycles. The van der Waals surface area contributed by atoms with Crippen LogP contribution in [-0.4, -0.2) is 33.7 Å². The lowest BCUT2D eigenvalue weighted by Gasteiger charge is -2.30. The standard InChI is InChI=1S/C22H23N3O/c1-16-19-9-5-6-10-20(19)24-21(23-16)15-25-13-11-18(12-14-25)22(26)17-7-3-2-4-8-17/h2-10,18H,11-15H2,1H3. The van der Waals surface area contributed by atoms with E-state index < -0.39 is 0 Å². The normalized spacial score (nSPS) is 16.0. The van der Waals surface area contributed by atoms with Gasteiger partial charge in [0.1, 0.15) is 5.82 Å². The molecule has 4 rings (SSSR count). The second kappa shape index (κ2) is 7.34. The van der Waals surface area contributed by atoms with Crippen molar-refractivity contribution in [3.05, 3.63) is 71.7 Å². The Kier molecular flexibility index (Phi) is 4.76. The monoisotopic (exact) mass is 345 g/mol. The predicted octanol–water partition coefficient (Wildman–Crippen LogP) is 4.03. The molecular formula is C22H23N3O. The highest BCUT2D eigenvalue weighted by molar-refractivity contribution is 5.97. The van der Waals surface area contributed by atoms with Crippen molar-refractivity contribution >= 4 is 16.7 Å². The number of para-hydroxylation sites is 1. The molecule has 1 aromatic heterocycles. The van der Waals surface area contributed by atoms with Crippen LogP contribution in [0.15, 0.2) is 54.6 Å². The maximum atomic E-state index is 12.6. The van der Waals surface area contributed by atoms with Crippen LogP contribution in [0.3, 0.4) is 0 Å². The van der Waals surface area contributed by atoms with Gasteiger partial charge in [-0.3, -0.25) is 9.69 Å². The minimum absolute atomic E-state index is 0.132. The van der Waals surface area contributed by atoms with Crippen LogP contribution in [0, 0.1) is 12.8 Å². The molecule has 0 N–H and O–H groups in total. The van der Waals surface area contributed by atoms with Crippen LogP contribution in [0.4, 0.5) is 0 Å². The molecule has 1 fully saturated rings. The number of carbonyl (C=O) groups is 1. The van der Waals surface area contributed by atoms with Gasteiger partial charge in [-0.25, -0.2) is 9.97 Å². The lowest BCUT2D eigenvalue weighted by Crippen LogP contribution is -2.36. The van der Waals surface area contributed by atoms with Crippen LogP contribution < -0.4 is 0 Å². The average Bonchev–Trinajstić information content (AvgIpc) is 2.69. The molecule has 4 nitrogen and oxygen atoms in total. The number of fused-ring (bicyclic) bond motifs is 1. The van der Waals surface area contributed by atoms with Crippen molar-refractivity contribution in [3.8, 4) is 0 Å². The zero-order valence-corrected chi connectivity index (χ0v) is 15.1. The van der Waals surface area contributed by atoms with Gasteiger partial charge in [-0.15, -0.1) is 0 Å². The third-order valence-electron chi connectivity index (χ3n) is 5.22. The second-order valence-electron chi connectivity index (χ2n) is 7.02. The number of piperidine rings is 1. The molecule has 132 valence electrons. The number of benzene rings is 2. The van der Waals surface area contributed by atoms with Gasteiger partial charge in [0, 0.05) is 22.6 Å². The van der Waals surface area contributed by atoms with Gasteiger partial charge in [0.15, 0.2) is 5.78 Å². The third-order valence-corrected chi connectivity index (χ3v) is 5.22. The van der Waals surface area contributed by atoms with Crippen molar-refractivity contribution < 1.29 is 4.79 Å². The van der Waals surface area contributed by atoms with Gasteiger partial charge >= 0.3 is 0 Å². The van der Waals surface area contributed by atoms with Crippen molar-refractivity contribution in [1.29, 1.82) is 0 Å². The van der Waals surface area contributed by atoms with Crippen LogP contribution >= 0.6 is 0 Å². The van der Waals surface area contributed by atoms with E-state index in [2.05, 4.69) is 16.0 Å². The molecule has 4 heteroatoms. The summed E-state index contributed by atoms with van der Waals surface area (Å²) in [7, 11) is 0. The fourth-order valence-corrected chi connectivity index (χ4v) is 3.76. The van der Waals surface area contributed by atoms with E-state index in [1.165, 1.54) is 0 Å². The summed E-state index contributed by atoms with van der Waals surface area (Å²) in [5.74, 6) is 1.28. The van der Waals surface area contributed by atoms with Crippen molar-refractivity contribution in [1.82, 2.24) is 14.9 Å². The van der Waals surface area contributed by atoms with E-state index in [9.17, 15) is 4.79 Å². The second-order valence-corrected chi connectivity index (χ2v) is 7.02. The Hall–Kier alpha value is -2.59. The summed E-state index contributed by atoms with van der Waals surface area (Å²) in [5, 5.41) is 1.11. The average molecular weight is 345 g/mol. The van der Waals surface area contributed by atoms with Gasteiger partial charge in [0.2, 0.25) is 0 Å². The van der Waals surface area contributed by atoms with Gasteiger partial charge < -0.3 is 0 Å². The summed E-state index contributed by atoms with van der Waals surface area (Å²) in [6, 6.07) is 17.8. The topological polar surface area (TPSA) is 46.1 Å². The zero-order chi connectivity index (χ0) is 17.9. The lowest BCUT2D eigenvalue weighted by molar-refractivity contribution is 0.0833. The van der Waals surface area contributed by atoms with Crippen molar-refractivity contribution in [2.75, 3.05) is 13.1 Å². The number of ketones is 1. The maximum Gasteiger partial charge on any atom is 0.166 e. The van der Waals surface area contributed by atoms with E-state index in [0.29, 0.717) is 0 Å². The van der Waals surface area contributed by atoms with Crippen LogP contribution in [0.2, 0.25) is 0 Å². The van der Waals surface area contributed by atoms with Gasteiger partial charge in [-0.1, -0.05) is 48.5 Å². The fraction of sp³-hybridized carbons (Fsp3) is 0.318. The van der Waals surface area contributed by atoms with Gasteiger partial charge in [-0.05, 0) is 38.9 Å². The predicted molar refractivity (Wildman–Crippen MR) is 103 cm³/mol. The smallest absolute Gasteiger partial charge is 0.166 e. The Morgan fingerprint density at radius 3 is 2.46 bits per heavy atom. The fourth-order valence-electron chi connectivity index (χ4n) is 3.76. The van der Waals surface area contributed by atoms with Crippen LogP contribution in [0.1, 0.15) is 34.7 Å². The number of aryl methyl sites for hydroxylation is 1. The number of hydrogen-bond acceptors (Lipinski definition) is 4.